The topological polar surface area (TPSA) is 97.1 Å². The number of carbonyl (C=O) groups is 2. The van der Waals surface area contributed by atoms with Crippen LogP contribution in [0.4, 0.5) is 5.13 Å². The molecule has 144 valence electrons. The molecule has 4 aromatic rings. The number of anilines is 1. The van der Waals surface area contributed by atoms with Crippen LogP contribution in [0.15, 0.2) is 53.1 Å². The summed E-state index contributed by atoms with van der Waals surface area (Å²) in [6.45, 7) is 0.645. The number of fused-ring (bicyclic) bond motifs is 2. The number of nitrogens with one attached hydrogen (secondary N) is 2. The van der Waals surface area contributed by atoms with Crippen LogP contribution in [0.2, 0.25) is 0 Å². The third-order valence-electron chi connectivity index (χ3n) is 4.77. The minimum absolute atomic E-state index is 0.131. The number of hydrogen-bond donors (Lipinski definition) is 2. The molecule has 0 radical (unpaired) electrons. The average Bonchev–Trinajstić information content (AvgIpc) is 3.31. The first-order valence-corrected chi connectivity index (χ1v) is 10.0. The standard InChI is InChI=1S/C21H16N4O3S/c26-19(24-21-23-16-7-4-10-22-20(27)18(16)29-21)13-8-9-15-14(11-13)17(28-25-15)12-5-2-1-3-6-12/h1-3,5-6,8-9,11H,4,7,10H2,(H,22,27)(H,23,24,26). The first-order chi connectivity index (χ1) is 14.2. The minimum atomic E-state index is -0.295. The van der Waals surface area contributed by atoms with Gasteiger partial charge in [-0.2, -0.15) is 0 Å². The molecular formula is C21H16N4O3S. The lowest BCUT2D eigenvalue weighted by Crippen LogP contribution is -2.21. The second-order valence-corrected chi connectivity index (χ2v) is 7.72. The van der Waals surface area contributed by atoms with Crippen molar-refractivity contribution in [2.24, 2.45) is 0 Å². The fourth-order valence-corrected chi connectivity index (χ4v) is 4.26. The molecule has 0 unspecified atom stereocenters. The number of rotatable bonds is 3. The van der Waals surface area contributed by atoms with E-state index >= 15 is 0 Å². The van der Waals surface area contributed by atoms with Crippen molar-refractivity contribution >= 4 is 39.2 Å². The molecule has 7 nitrogen and oxygen atoms in total. The normalized spacial score (nSPS) is 13.6. The molecule has 0 atom stereocenters. The molecule has 0 bridgehead atoms. The van der Waals surface area contributed by atoms with Crippen molar-refractivity contribution in [1.82, 2.24) is 15.5 Å². The van der Waals surface area contributed by atoms with Gasteiger partial charge in [-0.25, -0.2) is 4.98 Å². The number of thiazole rings is 1. The number of amides is 2. The highest BCUT2D eigenvalue weighted by atomic mass is 32.1. The van der Waals surface area contributed by atoms with E-state index in [4.69, 9.17) is 4.52 Å². The predicted molar refractivity (Wildman–Crippen MR) is 110 cm³/mol. The van der Waals surface area contributed by atoms with Crippen molar-refractivity contribution < 1.29 is 14.1 Å². The van der Waals surface area contributed by atoms with E-state index in [1.165, 1.54) is 11.3 Å². The summed E-state index contributed by atoms with van der Waals surface area (Å²) in [6, 6.07) is 14.8. The second-order valence-electron chi connectivity index (χ2n) is 6.72. The zero-order chi connectivity index (χ0) is 19.8. The van der Waals surface area contributed by atoms with Gasteiger partial charge in [-0.1, -0.05) is 46.8 Å². The number of benzene rings is 2. The average molecular weight is 404 g/mol. The summed E-state index contributed by atoms with van der Waals surface area (Å²) in [5, 5.41) is 10.9. The summed E-state index contributed by atoms with van der Waals surface area (Å²) >= 11 is 1.20. The van der Waals surface area contributed by atoms with Gasteiger partial charge in [-0.15, -0.1) is 0 Å². The Kier molecular flexibility index (Phi) is 4.33. The molecule has 0 fully saturated rings. The molecule has 0 saturated heterocycles. The zero-order valence-corrected chi connectivity index (χ0v) is 16.1. The van der Waals surface area contributed by atoms with E-state index in [9.17, 15) is 9.59 Å². The molecule has 2 aromatic carbocycles. The molecule has 0 spiro atoms. The maximum absolute atomic E-state index is 12.8. The van der Waals surface area contributed by atoms with Crippen LogP contribution in [0.1, 0.15) is 32.1 Å². The van der Waals surface area contributed by atoms with Gasteiger partial charge in [0.05, 0.1) is 11.1 Å². The Bertz CT molecular complexity index is 1230. The SMILES string of the molecule is O=C(Nc1nc2c(s1)C(=O)NCCC2)c1ccc2noc(-c3ccccc3)c2c1. The van der Waals surface area contributed by atoms with Crippen molar-refractivity contribution in [3.05, 3.63) is 64.7 Å². The lowest BCUT2D eigenvalue weighted by atomic mass is 10.1. The maximum atomic E-state index is 12.8. The highest BCUT2D eigenvalue weighted by molar-refractivity contribution is 7.17. The summed E-state index contributed by atoms with van der Waals surface area (Å²) in [6.07, 6.45) is 1.55. The highest BCUT2D eigenvalue weighted by Gasteiger charge is 2.22. The number of nitrogens with zero attached hydrogens (tertiary/aromatic N) is 2. The predicted octanol–water partition coefficient (Wildman–Crippen LogP) is 3.88. The fourth-order valence-electron chi connectivity index (χ4n) is 3.34. The van der Waals surface area contributed by atoms with Crippen LogP contribution >= 0.6 is 11.3 Å². The van der Waals surface area contributed by atoms with Crippen molar-refractivity contribution in [1.29, 1.82) is 0 Å². The van der Waals surface area contributed by atoms with Crippen LogP contribution in [0.3, 0.4) is 0 Å². The largest absolute Gasteiger partial charge is 0.355 e. The van der Waals surface area contributed by atoms with E-state index in [1.807, 2.05) is 30.3 Å². The summed E-state index contributed by atoms with van der Waals surface area (Å²) in [7, 11) is 0. The van der Waals surface area contributed by atoms with Gasteiger partial charge < -0.3 is 9.84 Å². The number of aromatic nitrogens is 2. The van der Waals surface area contributed by atoms with Crippen LogP contribution < -0.4 is 10.6 Å². The van der Waals surface area contributed by atoms with Crippen LogP contribution in [-0.2, 0) is 6.42 Å². The van der Waals surface area contributed by atoms with Crippen molar-refractivity contribution in [3.8, 4) is 11.3 Å². The molecule has 8 heteroatoms. The van der Waals surface area contributed by atoms with Gasteiger partial charge in [0.15, 0.2) is 10.9 Å². The van der Waals surface area contributed by atoms with Gasteiger partial charge in [0.25, 0.3) is 11.8 Å². The summed E-state index contributed by atoms with van der Waals surface area (Å²) in [5.74, 6) is 0.193. The molecule has 5 rings (SSSR count). The van der Waals surface area contributed by atoms with Gasteiger partial charge in [0.2, 0.25) is 0 Å². The third-order valence-corrected chi connectivity index (χ3v) is 5.79. The fraction of sp³-hybridized carbons (Fsp3) is 0.143. The van der Waals surface area contributed by atoms with Gasteiger partial charge in [0, 0.05) is 17.7 Å². The molecule has 29 heavy (non-hydrogen) atoms. The second kappa shape index (κ2) is 7.14. The van der Waals surface area contributed by atoms with Crippen LogP contribution in [0.25, 0.3) is 22.2 Å². The Morgan fingerprint density at radius 2 is 2.03 bits per heavy atom. The van der Waals surface area contributed by atoms with E-state index in [0.717, 1.165) is 23.1 Å². The molecule has 1 aliphatic rings. The van der Waals surface area contributed by atoms with E-state index in [1.54, 1.807) is 18.2 Å². The smallest absolute Gasteiger partial charge is 0.263 e. The number of aryl methyl sites for hydroxylation is 1. The molecule has 1 aliphatic heterocycles. The van der Waals surface area contributed by atoms with Crippen LogP contribution in [-0.4, -0.2) is 28.5 Å². The van der Waals surface area contributed by atoms with Gasteiger partial charge >= 0.3 is 0 Å². The molecule has 0 aliphatic carbocycles. The lowest BCUT2D eigenvalue weighted by molar-refractivity contribution is 0.0958. The Morgan fingerprint density at radius 3 is 2.90 bits per heavy atom. The van der Waals surface area contributed by atoms with Crippen molar-refractivity contribution in [2.45, 2.75) is 12.8 Å². The number of hydrogen-bond acceptors (Lipinski definition) is 6. The lowest BCUT2D eigenvalue weighted by Gasteiger charge is -2.03. The molecular weight excluding hydrogens is 388 g/mol. The molecule has 3 heterocycles. The molecule has 0 saturated carbocycles. The van der Waals surface area contributed by atoms with Gasteiger partial charge in [-0.05, 0) is 31.0 Å². The Labute approximate surface area is 169 Å². The molecule has 2 aromatic heterocycles. The van der Waals surface area contributed by atoms with Gasteiger partial charge in [-0.3, -0.25) is 14.9 Å². The van der Waals surface area contributed by atoms with Crippen molar-refractivity contribution in [3.63, 3.8) is 0 Å². The minimum Gasteiger partial charge on any atom is -0.355 e. The quantitative estimate of drug-likeness (QED) is 0.540. The zero-order valence-electron chi connectivity index (χ0n) is 15.3. The Balaban J connectivity index is 1.44. The van der Waals surface area contributed by atoms with Crippen LogP contribution in [0, 0.1) is 0 Å². The molecule has 2 amide bonds. The first kappa shape index (κ1) is 17.6. The summed E-state index contributed by atoms with van der Waals surface area (Å²) < 4.78 is 5.50. The monoisotopic (exact) mass is 404 g/mol. The van der Waals surface area contributed by atoms with Crippen LogP contribution in [0.5, 0.6) is 0 Å². The van der Waals surface area contributed by atoms with E-state index in [0.29, 0.717) is 39.8 Å². The van der Waals surface area contributed by atoms with Crippen molar-refractivity contribution in [2.75, 3.05) is 11.9 Å². The van der Waals surface area contributed by atoms with E-state index in [-0.39, 0.29) is 11.8 Å². The van der Waals surface area contributed by atoms with E-state index in [2.05, 4.69) is 20.8 Å². The summed E-state index contributed by atoms with van der Waals surface area (Å²) in [5.41, 5.74) is 2.77. The van der Waals surface area contributed by atoms with Gasteiger partial charge in [0.1, 0.15) is 10.4 Å². The number of carbonyl (C=O) groups excluding carboxylic acids is 2. The highest BCUT2D eigenvalue weighted by Crippen LogP contribution is 2.30. The Hall–Kier alpha value is -3.52. The third kappa shape index (κ3) is 3.27. The molecule has 2 N–H and O–H groups in total. The van der Waals surface area contributed by atoms with E-state index < -0.39 is 0 Å². The summed E-state index contributed by atoms with van der Waals surface area (Å²) in [4.78, 5) is 29.9. The Morgan fingerprint density at radius 1 is 1.17 bits per heavy atom. The first-order valence-electron chi connectivity index (χ1n) is 9.23. The maximum Gasteiger partial charge on any atom is 0.263 e.